The molecule has 0 aliphatic carbocycles. The maximum absolute atomic E-state index is 12.3. The van der Waals surface area contributed by atoms with Crippen LogP contribution in [0.3, 0.4) is 0 Å². The van der Waals surface area contributed by atoms with E-state index in [9.17, 15) is 4.79 Å². The molecular formula is C16H24N2O2. The minimum absolute atomic E-state index is 0.0444. The molecule has 1 unspecified atom stereocenters. The van der Waals surface area contributed by atoms with Gasteiger partial charge < -0.3 is 10.1 Å². The van der Waals surface area contributed by atoms with Crippen LogP contribution in [0.2, 0.25) is 0 Å². The smallest absolute Gasteiger partial charge is 0.255 e. The lowest BCUT2D eigenvalue weighted by atomic mass is 10.1. The molecule has 20 heavy (non-hydrogen) atoms. The van der Waals surface area contributed by atoms with Crippen LogP contribution in [0.1, 0.15) is 37.0 Å². The van der Waals surface area contributed by atoms with Crippen LogP contribution in [0.5, 0.6) is 5.75 Å². The molecule has 0 bridgehead atoms. The molecule has 0 spiro atoms. The normalized spacial score (nSPS) is 19.0. The minimum Gasteiger partial charge on any atom is -0.493 e. The van der Waals surface area contributed by atoms with Crippen molar-refractivity contribution in [2.24, 2.45) is 0 Å². The summed E-state index contributed by atoms with van der Waals surface area (Å²) in [4.78, 5) is 14.7. The van der Waals surface area contributed by atoms with Crippen LogP contribution >= 0.6 is 0 Å². The Bertz CT molecular complexity index is 448. The van der Waals surface area contributed by atoms with Crippen molar-refractivity contribution in [3.8, 4) is 5.75 Å². The van der Waals surface area contributed by atoms with Crippen molar-refractivity contribution in [2.45, 2.75) is 32.7 Å². The van der Waals surface area contributed by atoms with Gasteiger partial charge in [0.1, 0.15) is 5.75 Å². The molecule has 4 nitrogen and oxygen atoms in total. The van der Waals surface area contributed by atoms with Crippen molar-refractivity contribution >= 4 is 5.91 Å². The number of hydrogen-bond donors (Lipinski definition) is 1. The van der Waals surface area contributed by atoms with Crippen LogP contribution in [-0.4, -0.2) is 43.1 Å². The van der Waals surface area contributed by atoms with E-state index in [4.69, 9.17) is 4.74 Å². The molecule has 1 aliphatic rings. The van der Waals surface area contributed by atoms with E-state index in [0.717, 1.165) is 13.1 Å². The number of benzene rings is 1. The Hall–Kier alpha value is -1.55. The Morgan fingerprint density at radius 3 is 2.95 bits per heavy atom. The molecule has 1 saturated heterocycles. The Morgan fingerprint density at radius 2 is 2.20 bits per heavy atom. The van der Waals surface area contributed by atoms with Gasteiger partial charge in [-0.05, 0) is 45.0 Å². The van der Waals surface area contributed by atoms with Crippen LogP contribution in [0.15, 0.2) is 24.3 Å². The molecule has 1 aliphatic heterocycles. The van der Waals surface area contributed by atoms with E-state index < -0.39 is 0 Å². The monoisotopic (exact) mass is 276 g/mol. The summed E-state index contributed by atoms with van der Waals surface area (Å²) in [5.41, 5.74) is 0.621. The van der Waals surface area contributed by atoms with Crippen LogP contribution in [0.4, 0.5) is 0 Å². The number of rotatable bonds is 6. The van der Waals surface area contributed by atoms with Crippen molar-refractivity contribution in [1.82, 2.24) is 10.2 Å². The van der Waals surface area contributed by atoms with Crippen LogP contribution < -0.4 is 10.1 Å². The second kappa shape index (κ2) is 7.29. The summed E-state index contributed by atoms with van der Waals surface area (Å²) in [5, 5.41) is 3.04. The van der Waals surface area contributed by atoms with E-state index in [0.29, 0.717) is 30.5 Å². The Morgan fingerprint density at radius 1 is 1.40 bits per heavy atom. The van der Waals surface area contributed by atoms with E-state index >= 15 is 0 Å². The molecule has 1 N–H and O–H groups in total. The second-order valence-electron chi connectivity index (χ2n) is 5.06. The van der Waals surface area contributed by atoms with Crippen LogP contribution in [0, 0.1) is 0 Å². The highest BCUT2D eigenvalue weighted by Gasteiger charge is 2.23. The molecule has 110 valence electrons. The zero-order chi connectivity index (χ0) is 14.4. The number of nitrogens with one attached hydrogen (secondary N) is 1. The third-order valence-corrected chi connectivity index (χ3v) is 3.84. The van der Waals surface area contributed by atoms with Gasteiger partial charge in [0.05, 0.1) is 12.2 Å². The standard InChI is InChI=1S/C16H24N2O2/c1-3-18-11-7-8-13(18)12-17-16(19)14-9-5-6-10-15(14)20-4-2/h5-6,9-10,13H,3-4,7-8,11-12H2,1-2H3,(H,17,19). The molecule has 1 aromatic rings. The maximum atomic E-state index is 12.3. The molecule has 0 saturated carbocycles. The third kappa shape index (κ3) is 3.51. The van der Waals surface area contributed by atoms with Gasteiger partial charge in [-0.1, -0.05) is 19.1 Å². The van der Waals surface area contributed by atoms with Gasteiger partial charge in [-0.2, -0.15) is 0 Å². The first-order chi connectivity index (χ1) is 9.76. The Balaban J connectivity index is 1.95. The maximum Gasteiger partial charge on any atom is 0.255 e. The van der Waals surface area contributed by atoms with Crippen LogP contribution in [0.25, 0.3) is 0 Å². The van der Waals surface area contributed by atoms with Gasteiger partial charge >= 0.3 is 0 Å². The highest BCUT2D eigenvalue weighted by molar-refractivity contribution is 5.96. The van der Waals surface area contributed by atoms with Gasteiger partial charge in [0.2, 0.25) is 0 Å². The molecule has 2 rings (SSSR count). The highest BCUT2D eigenvalue weighted by atomic mass is 16.5. The topological polar surface area (TPSA) is 41.6 Å². The number of carbonyl (C=O) groups is 1. The quantitative estimate of drug-likeness (QED) is 0.867. The average molecular weight is 276 g/mol. The van der Waals surface area contributed by atoms with Crippen molar-refractivity contribution in [1.29, 1.82) is 0 Å². The van der Waals surface area contributed by atoms with E-state index in [1.165, 1.54) is 12.8 Å². The predicted molar refractivity (Wildman–Crippen MR) is 80.2 cm³/mol. The Kier molecular flexibility index (Phi) is 5.41. The first-order valence-electron chi connectivity index (χ1n) is 7.50. The van der Waals surface area contributed by atoms with E-state index in [1.807, 2.05) is 31.2 Å². The minimum atomic E-state index is -0.0444. The fraction of sp³-hybridized carbons (Fsp3) is 0.562. The fourth-order valence-corrected chi connectivity index (χ4v) is 2.78. The first-order valence-corrected chi connectivity index (χ1v) is 7.50. The SMILES string of the molecule is CCOc1ccccc1C(=O)NCC1CCCN1CC. The Labute approximate surface area is 121 Å². The van der Waals surface area contributed by atoms with Gasteiger partial charge in [0, 0.05) is 12.6 Å². The molecule has 1 fully saturated rings. The van der Waals surface area contributed by atoms with Gasteiger partial charge in [-0.3, -0.25) is 9.69 Å². The van der Waals surface area contributed by atoms with E-state index in [-0.39, 0.29) is 5.91 Å². The van der Waals surface area contributed by atoms with E-state index in [1.54, 1.807) is 0 Å². The lowest BCUT2D eigenvalue weighted by Gasteiger charge is -2.23. The van der Waals surface area contributed by atoms with Gasteiger partial charge in [-0.25, -0.2) is 0 Å². The number of ether oxygens (including phenoxy) is 1. The summed E-state index contributed by atoms with van der Waals surface area (Å²) in [5.74, 6) is 0.614. The molecule has 1 aromatic carbocycles. The summed E-state index contributed by atoms with van der Waals surface area (Å²) in [6, 6.07) is 7.88. The number of para-hydroxylation sites is 1. The number of likely N-dealkylation sites (tertiary alicyclic amines) is 1. The molecule has 1 amide bonds. The number of amides is 1. The summed E-state index contributed by atoms with van der Waals surface area (Å²) < 4.78 is 5.50. The number of hydrogen-bond acceptors (Lipinski definition) is 3. The zero-order valence-electron chi connectivity index (χ0n) is 12.4. The average Bonchev–Trinajstić information content (AvgIpc) is 2.93. The van der Waals surface area contributed by atoms with Crippen molar-refractivity contribution < 1.29 is 9.53 Å². The van der Waals surface area contributed by atoms with Gasteiger partial charge in [0.25, 0.3) is 5.91 Å². The van der Waals surface area contributed by atoms with Crippen molar-refractivity contribution in [2.75, 3.05) is 26.2 Å². The van der Waals surface area contributed by atoms with Crippen molar-refractivity contribution in [3.05, 3.63) is 29.8 Å². The molecular weight excluding hydrogens is 252 g/mol. The summed E-state index contributed by atoms with van der Waals surface area (Å²) >= 11 is 0. The summed E-state index contributed by atoms with van der Waals surface area (Å²) in [7, 11) is 0. The molecule has 0 aromatic heterocycles. The lowest BCUT2D eigenvalue weighted by Crippen LogP contribution is -2.40. The second-order valence-corrected chi connectivity index (χ2v) is 5.06. The zero-order valence-corrected chi connectivity index (χ0v) is 12.4. The highest BCUT2D eigenvalue weighted by Crippen LogP contribution is 2.19. The largest absolute Gasteiger partial charge is 0.493 e. The molecule has 1 atom stereocenters. The van der Waals surface area contributed by atoms with Crippen molar-refractivity contribution in [3.63, 3.8) is 0 Å². The predicted octanol–water partition coefficient (Wildman–Crippen LogP) is 2.30. The molecule has 0 radical (unpaired) electrons. The number of carbonyl (C=O) groups excluding carboxylic acids is 1. The van der Waals surface area contributed by atoms with E-state index in [2.05, 4.69) is 17.1 Å². The molecule has 1 heterocycles. The van der Waals surface area contributed by atoms with Gasteiger partial charge in [0.15, 0.2) is 0 Å². The van der Waals surface area contributed by atoms with Crippen LogP contribution in [-0.2, 0) is 0 Å². The number of likely N-dealkylation sites (N-methyl/N-ethyl adjacent to an activating group) is 1. The fourth-order valence-electron chi connectivity index (χ4n) is 2.78. The lowest BCUT2D eigenvalue weighted by molar-refractivity contribution is 0.0937. The molecule has 4 heteroatoms. The summed E-state index contributed by atoms with van der Waals surface area (Å²) in [6.45, 7) is 7.57. The third-order valence-electron chi connectivity index (χ3n) is 3.84. The van der Waals surface area contributed by atoms with Gasteiger partial charge in [-0.15, -0.1) is 0 Å². The first kappa shape index (κ1) is 14.9. The summed E-state index contributed by atoms with van der Waals surface area (Å²) in [6.07, 6.45) is 2.39. The number of nitrogens with zero attached hydrogens (tertiary/aromatic N) is 1.